The Bertz CT molecular complexity index is 1370. The fraction of sp³-hybridized carbons (Fsp3) is 0.438. The number of benzene rings is 2. The Morgan fingerprint density at radius 2 is 1.55 bits per heavy atom. The minimum atomic E-state index is -0.644. The van der Waals surface area contributed by atoms with E-state index in [9.17, 15) is 9.59 Å². The number of dihydropyridines is 1. The van der Waals surface area contributed by atoms with Gasteiger partial charge in [-0.1, -0.05) is 6.07 Å². The lowest BCUT2D eigenvalue weighted by Gasteiger charge is -2.37. The molecule has 0 amide bonds. The minimum Gasteiger partial charge on any atom is -0.497 e. The molecule has 0 aromatic heterocycles. The molecule has 0 saturated heterocycles. The normalized spacial score (nSPS) is 21.1. The molecule has 1 N–H and O–H groups in total. The van der Waals surface area contributed by atoms with E-state index in [0.29, 0.717) is 58.2 Å². The van der Waals surface area contributed by atoms with Crippen LogP contribution >= 0.6 is 0 Å². The summed E-state index contributed by atoms with van der Waals surface area (Å²) < 4.78 is 28.2. The van der Waals surface area contributed by atoms with E-state index in [4.69, 9.17) is 23.7 Å². The molecule has 1 heterocycles. The molecule has 1 saturated carbocycles. The average Bonchev–Trinajstić information content (AvgIpc) is 3.48. The van der Waals surface area contributed by atoms with Gasteiger partial charge in [-0.3, -0.25) is 4.79 Å². The van der Waals surface area contributed by atoms with Crippen LogP contribution < -0.4 is 24.3 Å². The lowest BCUT2D eigenvalue weighted by Crippen LogP contribution is -2.36. The van der Waals surface area contributed by atoms with Crippen LogP contribution in [0.4, 0.5) is 0 Å². The second-order valence-electron chi connectivity index (χ2n) is 10.6. The maximum atomic E-state index is 14.0. The Morgan fingerprint density at radius 1 is 0.850 bits per heavy atom. The second kappa shape index (κ2) is 11.7. The van der Waals surface area contributed by atoms with E-state index in [1.54, 1.807) is 28.4 Å². The van der Waals surface area contributed by atoms with Gasteiger partial charge in [-0.2, -0.15) is 0 Å². The molecule has 3 aliphatic rings. The molecule has 0 bridgehead atoms. The van der Waals surface area contributed by atoms with Crippen molar-refractivity contribution in [2.75, 3.05) is 28.4 Å². The van der Waals surface area contributed by atoms with Gasteiger partial charge >= 0.3 is 5.97 Å². The minimum absolute atomic E-state index is 0.0259. The number of carbonyl (C=O) groups is 2. The number of ether oxygens (including phenoxy) is 5. The van der Waals surface area contributed by atoms with E-state index >= 15 is 0 Å². The summed E-state index contributed by atoms with van der Waals surface area (Å²) in [7, 11) is 6.38. The van der Waals surface area contributed by atoms with Gasteiger partial charge in [-0.15, -0.1) is 0 Å². The van der Waals surface area contributed by atoms with Crippen molar-refractivity contribution in [3.8, 4) is 23.0 Å². The fourth-order valence-electron chi connectivity index (χ4n) is 6.25. The number of ketones is 1. The van der Waals surface area contributed by atoms with Crippen LogP contribution in [0.15, 0.2) is 58.9 Å². The second-order valence-corrected chi connectivity index (χ2v) is 10.6. The number of hydrogen-bond donors (Lipinski definition) is 1. The highest BCUT2D eigenvalue weighted by molar-refractivity contribution is 6.04. The number of methoxy groups -OCH3 is 4. The zero-order chi connectivity index (χ0) is 28.4. The Hall–Kier alpha value is -3.94. The van der Waals surface area contributed by atoms with Gasteiger partial charge in [0.15, 0.2) is 17.3 Å². The molecule has 0 unspecified atom stereocenters. The van der Waals surface area contributed by atoms with Crippen molar-refractivity contribution >= 4 is 11.8 Å². The highest BCUT2D eigenvalue weighted by Crippen LogP contribution is 2.49. The van der Waals surface area contributed by atoms with Crippen LogP contribution in [0.1, 0.15) is 68.4 Å². The maximum absolute atomic E-state index is 14.0. The van der Waals surface area contributed by atoms with Crippen molar-refractivity contribution in [3.05, 3.63) is 70.1 Å². The van der Waals surface area contributed by atoms with Crippen LogP contribution in [-0.2, 0) is 14.3 Å². The number of rotatable bonds is 8. The third-order valence-corrected chi connectivity index (χ3v) is 8.25. The van der Waals surface area contributed by atoms with E-state index in [-0.39, 0.29) is 17.8 Å². The number of carbonyl (C=O) groups excluding carboxylic acids is 2. The third-order valence-electron chi connectivity index (χ3n) is 8.25. The molecule has 2 aliphatic carbocycles. The summed E-state index contributed by atoms with van der Waals surface area (Å²) in [6.07, 6.45) is 4.61. The van der Waals surface area contributed by atoms with Crippen molar-refractivity contribution in [2.45, 2.75) is 63.4 Å². The highest BCUT2D eigenvalue weighted by Gasteiger charge is 2.43. The fourth-order valence-corrected chi connectivity index (χ4v) is 6.25. The first-order valence-electron chi connectivity index (χ1n) is 13.8. The first kappa shape index (κ1) is 27.6. The van der Waals surface area contributed by atoms with Gasteiger partial charge in [-0.25, -0.2) is 4.79 Å². The van der Waals surface area contributed by atoms with Gasteiger partial charge < -0.3 is 29.0 Å². The van der Waals surface area contributed by atoms with Crippen LogP contribution in [0.5, 0.6) is 23.0 Å². The highest BCUT2D eigenvalue weighted by atomic mass is 16.5. The third kappa shape index (κ3) is 5.15. The molecular formula is C32H37NO7. The molecule has 1 fully saturated rings. The van der Waals surface area contributed by atoms with Crippen LogP contribution in [-0.4, -0.2) is 46.3 Å². The predicted octanol–water partition coefficient (Wildman–Crippen LogP) is 5.57. The summed E-state index contributed by atoms with van der Waals surface area (Å²) in [6.45, 7) is 1.87. The van der Waals surface area contributed by atoms with Crippen LogP contribution in [0.2, 0.25) is 0 Å². The van der Waals surface area contributed by atoms with Crippen molar-refractivity contribution in [1.82, 2.24) is 5.32 Å². The van der Waals surface area contributed by atoms with Gasteiger partial charge in [-0.05, 0) is 80.8 Å². The summed E-state index contributed by atoms with van der Waals surface area (Å²) >= 11 is 0. The average molecular weight is 548 g/mol. The number of Topliss-reactive ketones (excluding diaryl/α,β-unsaturated/α-hetero) is 1. The van der Waals surface area contributed by atoms with Gasteiger partial charge in [0.05, 0.1) is 39.9 Å². The van der Waals surface area contributed by atoms with Crippen molar-refractivity contribution < 1.29 is 33.3 Å². The molecule has 8 heteroatoms. The monoisotopic (exact) mass is 547 g/mol. The standard InChI is InChI=1S/C32H37NO7/c1-18-29(32(35)40-21-8-6-7-9-21)30(23-17-22(36-2)11-13-26(23)37-3)31-24(33-18)14-20(15-25(31)34)19-10-12-27(38-4)28(16-19)39-5/h10-13,16-17,20-21,30,33H,6-9,14-15H2,1-5H3/t20-,30-/m0/s1. The smallest absolute Gasteiger partial charge is 0.337 e. The molecule has 8 nitrogen and oxygen atoms in total. The Balaban J connectivity index is 1.59. The maximum Gasteiger partial charge on any atom is 0.337 e. The number of nitrogens with one attached hydrogen (secondary N) is 1. The SMILES string of the molecule is COc1ccc(OC)c([C@H]2C(C(=O)OC3CCCC3)=C(C)NC3=C2C(=O)C[C@@H](c2ccc(OC)c(OC)c2)C3)c1. The molecule has 40 heavy (non-hydrogen) atoms. The van der Waals surface area contributed by atoms with Gasteiger partial charge in [0.2, 0.25) is 0 Å². The summed E-state index contributed by atoms with van der Waals surface area (Å²) in [4.78, 5) is 27.8. The summed E-state index contributed by atoms with van der Waals surface area (Å²) in [5.74, 6) is 1.32. The number of allylic oxidation sites excluding steroid dienone is 3. The molecule has 2 aromatic carbocycles. The molecule has 0 radical (unpaired) electrons. The van der Waals surface area contributed by atoms with E-state index in [2.05, 4.69) is 5.32 Å². The molecular weight excluding hydrogens is 510 g/mol. The quantitative estimate of drug-likeness (QED) is 0.429. The Morgan fingerprint density at radius 3 is 2.23 bits per heavy atom. The van der Waals surface area contributed by atoms with Crippen molar-refractivity contribution in [3.63, 3.8) is 0 Å². The molecule has 0 spiro atoms. The molecule has 2 atom stereocenters. The van der Waals surface area contributed by atoms with E-state index in [1.807, 2.05) is 43.3 Å². The van der Waals surface area contributed by atoms with Gasteiger partial charge in [0, 0.05) is 29.0 Å². The Kier molecular flexibility index (Phi) is 8.05. The van der Waals surface area contributed by atoms with Crippen molar-refractivity contribution in [1.29, 1.82) is 0 Å². The zero-order valence-corrected chi connectivity index (χ0v) is 23.8. The summed E-state index contributed by atoms with van der Waals surface area (Å²) in [5.41, 5.74) is 4.19. The number of esters is 1. The lowest BCUT2D eigenvalue weighted by molar-refractivity contribution is -0.144. The van der Waals surface area contributed by atoms with Crippen LogP contribution in [0.3, 0.4) is 0 Å². The lowest BCUT2D eigenvalue weighted by atomic mass is 9.71. The largest absolute Gasteiger partial charge is 0.497 e. The number of hydrogen-bond acceptors (Lipinski definition) is 8. The molecule has 5 rings (SSSR count). The van der Waals surface area contributed by atoms with Crippen LogP contribution in [0.25, 0.3) is 0 Å². The summed E-state index contributed by atoms with van der Waals surface area (Å²) in [6, 6.07) is 11.2. The molecule has 2 aromatic rings. The molecule has 212 valence electrons. The Labute approximate surface area is 235 Å². The predicted molar refractivity (Wildman–Crippen MR) is 150 cm³/mol. The van der Waals surface area contributed by atoms with Gasteiger partial charge in [0.25, 0.3) is 0 Å². The zero-order valence-electron chi connectivity index (χ0n) is 23.8. The van der Waals surface area contributed by atoms with E-state index in [0.717, 1.165) is 36.9 Å². The van der Waals surface area contributed by atoms with E-state index < -0.39 is 11.9 Å². The van der Waals surface area contributed by atoms with Crippen molar-refractivity contribution in [2.24, 2.45) is 0 Å². The van der Waals surface area contributed by atoms with Gasteiger partial charge in [0.1, 0.15) is 17.6 Å². The first-order valence-corrected chi connectivity index (χ1v) is 13.8. The van der Waals surface area contributed by atoms with E-state index in [1.165, 1.54) is 0 Å². The molecule has 1 aliphatic heterocycles. The first-order chi connectivity index (χ1) is 19.4. The topological polar surface area (TPSA) is 92.3 Å². The van der Waals surface area contributed by atoms with Crippen LogP contribution in [0, 0.1) is 0 Å². The summed E-state index contributed by atoms with van der Waals surface area (Å²) in [5, 5.41) is 3.43.